The monoisotopic (exact) mass is 413 g/mol. The number of nitrogens with zero attached hydrogens (tertiary/aromatic N) is 1. The SMILES string of the molecule is CCCCCOc1ccc(C2C(C(=O)c3cccs3)=C(O)C(=O)N2CCC)cc1. The molecule has 0 saturated carbocycles. The van der Waals surface area contributed by atoms with Crippen LogP contribution in [0.1, 0.15) is 60.8 Å². The summed E-state index contributed by atoms with van der Waals surface area (Å²) in [5.74, 6) is -0.469. The number of amides is 1. The highest BCUT2D eigenvalue weighted by atomic mass is 32.1. The van der Waals surface area contributed by atoms with Crippen molar-refractivity contribution in [1.29, 1.82) is 0 Å². The molecule has 0 fully saturated rings. The van der Waals surface area contributed by atoms with Crippen LogP contribution in [-0.2, 0) is 4.79 Å². The lowest BCUT2D eigenvalue weighted by atomic mass is 9.95. The van der Waals surface area contributed by atoms with Crippen LogP contribution >= 0.6 is 11.3 Å². The molecule has 0 bridgehead atoms. The van der Waals surface area contributed by atoms with E-state index < -0.39 is 17.7 Å². The molecule has 1 unspecified atom stereocenters. The van der Waals surface area contributed by atoms with Gasteiger partial charge in [-0.05, 0) is 42.0 Å². The van der Waals surface area contributed by atoms with E-state index in [1.165, 1.54) is 11.3 Å². The molecule has 1 aromatic carbocycles. The summed E-state index contributed by atoms with van der Waals surface area (Å²) in [5.41, 5.74) is 0.944. The molecule has 3 rings (SSSR count). The van der Waals surface area contributed by atoms with Gasteiger partial charge in [0.1, 0.15) is 5.75 Å². The Bertz CT molecular complexity index is 871. The number of rotatable bonds is 10. The number of unbranched alkanes of at least 4 members (excludes halogenated alkanes) is 2. The lowest BCUT2D eigenvalue weighted by Crippen LogP contribution is -2.31. The molecule has 0 spiro atoms. The number of carbonyl (C=O) groups excluding carboxylic acids is 2. The van der Waals surface area contributed by atoms with Gasteiger partial charge in [0, 0.05) is 6.54 Å². The summed E-state index contributed by atoms with van der Waals surface area (Å²) >= 11 is 1.30. The lowest BCUT2D eigenvalue weighted by Gasteiger charge is -2.26. The fraction of sp³-hybridized carbons (Fsp3) is 0.391. The maximum Gasteiger partial charge on any atom is 0.290 e. The van der Waals surface area contributed by atoms with Crippen LogP contribution in [0.15, 0.2) is 53.1 Å². The number of ether oxygens (including phenoxy) is 1. The fourth-order valence-corrected chi connectivity index (χ4v) is 4.21. The summed E-state index contributed by atoms with van der Waals surface area (Å²) in [6.07, 6.45) is 4.01. The molecular formula is C23H27NO4S. The highest BCUT2D eigenvalue weighted by Gasteiger charge is 2.43. The Hall–Kier alpha value is -2.60. The minimum atomic E-state index is -0.591. The zero-order valence-electron chi connectivity index (χ0n) is 16.9. The minimum Gasteiger partial charge on any atom is -0.503 e. The molecule has 0 saturated heterocycles. The van der Waals surface area contributed by atoms with Crippen molar-refractivity contribution < 1.29 is 19.4 Å². The van der Waals surface area contributed by atoms with E-state index in [1.54, 1.807) is 17.0 Å². The smallest absolute Gasteiger partial charge is 0.290 e. The van der Waals surface area contributed by atoms with Crippen LogP contribution < -0.4 is 4.74 Å². The summed E-state index contributed by atoms with van der Waals surface area (Å²) in [6.45, 7) is 5.25. The van der Waals surface area contributed by atoms with Gasteiger partial charge in [0.2, 0.25) is 5.78 Å². The number of thiophene rings is 1. The van der Waals surface area contributed by atoms with E-state index >= 15 is 0 Å². The van der Waals surface area contributed by atoms with E-state index in [1.807, 2.05) is 36.6 Å². The number of ketones is 1. The van der Waals surface area contributed by atoms with Crippen LogP contribution in [0.25, 0.3) is 0 Å². The summed E-state index contributed by atoms with van der Waals surface area (Å²) in [6, 6.07) is 10.4. The number of aliphatic hydroxyl groups excluding tert-OH is 1. The molecule has 1 N–H and O–H groups in total. The number of aliphatic hydroxyl groups is 1. The number of carbonyl (C=O) groups is 2. The van der Waals surface area contributed by atoms with Crippen LogP contribution in [0.3, 0.4) is 0 Å². The first-order valence-corrected chi connectivity index (χ1v) is 11.0. The second-order valence-electron chi connectivity index (χ2n) is 7.09. The second-order valence-corrected chi connectivity index (χ2v) is 8.04. The Morgan fingerprint density at radius 3 is 2.52 bits per heavy atom. The van der Waals surface area contributed by atoms with Crippen molar-refractivity contribution in [3.63, 3.8) is 0 Å². The Morgan fingerprint density at radius 1 is 1.14 bits per heavy atom. The van der Waals surface area contributed by atoms with Gasteiger partial charge in [-0.2, -0.15) is 0 Å². The predicted molar refractivity (Wildman–Crippen MR) is 115 cm³/mol. The van der Waals surface area contributed by atoms with Crippen molar-refractivity contribution in [1.82, 2.24) is 4.90 Å². The Morgan fingerprint density at radius 2 is 1.90 bits per heavy atom. The van der Waals surface area contributed by atoms with Crippen molar-refractivity contribution >= 4 is 23.0 Å². The third-order valence-electron chi connectivity index (χ3n) is 4.97. The second kappa shape index (κ2) is 9.74. The molecule has 1 aliphatic heterocycles. The van der Waals surface area contributed by atoms with Crippen molar-refractivity contribution in [2.45, 2.75) is 45.6 Å². The zero-order valence-corrected chi connectivity index (χ0v) is 17.7. The average Bonchev–Trinajstić information content (AvgIpc) is 3.35. The molecule has 29 heavy (non-hydrogen) atoms. The molecule has 1 amide bonds. The van der Waals surface area contributed by atoms with Gasteiger partial charge in [-0.15, -0.1) is 11.3 Å². The molecule has 1 aromatic heterocycles. The normalized spacial score (nSPS) is 16.6. The fourth-order valence-electron chi connectivity index (χ4n) is 3.53. The van der Waals surface area contributed by atoms with E-state index in [0.29, 0.717) is 18.0 Å². The predicted octanol–water partition coefficient (Wildman–Crippen LogP) is 5.31. The number of hydrogen-bond donors (Lipinski definition) is 1. The third kappa shape index (κ3) is 4.53. The lowest BCUT2D eigenvalue weighted by molar-refractivity contribution is -0.129. The maximum atomic E-state index is 13.1. The molecule has 154 valence electrons. The van der Waals surface area contributed by atoms with Crippen molar-refractivity contribution in [2.75, 3.05) is 13.2 Å². The van der Waals surface area contributed by atoms with Gasteiger partial charge in [0.05, 0.1) is 23.1 Å². The minimum absolute atomic E-state index is 0.155. The van der Waals surface area contributed by atoms with Gasteiger partial charge < -0.3 is 14.7 Å². The molecule has 1 atom stereocenters. The van der Waals surface area contributed by atoms with Crippen LogP contribution in [0.5, 0.6) is 5.75 Å². The topological polar surface area (TPSA) is 66.8 Å². The summed E-state index contributed by atoms with van der Waals surface area (Å²) < 4.78 is 5.77. The summed E-state index contributed by atoms with van der Waals surface area (Å²) in [5, 5.41) is 12.3. The molecule has 5 nitrogen and oxygen atoms in total. The Balaban J connectivity index is 1.88. The number of Topliss-reactive ketones (excluding diaryl/α,β-unsaturated/α-hetero) is 1. The van der Waals surface area contributed by atoms with Gasteiger partial charge in [-0.25, -0.2) is 0 Å². The van der Waals surface area contributed by atoms with Crippen LogP contribution in [0.4, 0.5) is 0 Å². The quantitative estimate of drug-likeness (QED) is 0.424. The van der Waals surface area contributed by atoms with Gasteiger partial charge in [0.15, 0.2) is 5.76 Å². The van der Waals surface area contributed by atoms with E-state index in [0.717, 1.165) is 37.0 Å². The van der Waals surface area contributed by atoms with Crippen molar-refractivity contribution in [3.05, 3.63) is 63.6 Å². The van der Waals surface area contributed by atoms with Crippen LogP contribution in [0, 0.1) is 0 Å². The number of benzene rings is 1. The highest BCUT2D eigenvalue weighted by molar-refractivity contribution is 7.12. The van der Waals surface area contributed by atoms with E-state index in [2.05, 4.69) is 6.92 Å². The van der Waals surface area contributed by atoms with Crippen molar-refractivity contribution in [2.24, 2.45) is 0 Å². The van der Waals surface area contributed by atoms with E-state index in [9.17, 15) is 14.7 Å². The Labute approximate surface area is 175 Å². The van der Waals surface area contributed by atoms with Crippen LogP contribution in [0.2, 0.25) is 0 Å². The third-order valence-corrected chi connectivity index (χ3v) is 5.84. The van der Waals surface area contributed by atoms with Gasteiger partial charge in [-0.1, -0.05) is 44.9 Å². The van der Waals surface area contributed by atoms with Gasteiger partial charge >= 0.3 is 0 Å². The Kier molecular flexibility index (Phi) is 7.09. The maximum absolute atomic E-state index is 13.1. The first kappa shape index (κ1) is 21.1. The average molecular weight is 414 g/mol. The van der Waals surface area contributed by atoms with Crippen LogP contribution in [-0.4, -0.2) is 34.8 Å². The molecule has 2 heterocycles. The van der Waals surface area contributed by atoms with Crippen molar-refractivity contribution in [3.8, 4) is 5.75 Å². The molecule has 6 heteroatoms. The largest absolute Gasteiger partial charge is 0.503 e. The van der Waals surface area contributed by atoms with E-state index in [-0.39, 0.29) is 11.4 Å². The first-order valence-electron chi connectivity index (χ1n) is 10.1. The zero-order chi connectivity index (χ0) is 20.8. The molecule has 0 radical (unpaired) electrons. The summed E-state index contributed by atoms with van der Waals surface area (Å²) in [4.78, 5) is 27.8. The van der Waals surface area contributed by atoms with Gasteiger partial charge in [-0.3, -0.25) is 9.59 Å². The number of hydrogen-bond acceptors (Lipinski definition) is 5. The molecule has 0 aliphatic carbocycles. The first-order chi connectivity index (χ1) is 14.1. The highest BCUT2D eigenvalue weighted by Crippen LogP contribution is 2.39. The van der Waals surface area contributed by atoms with Gasteiger partial charge in [0.25, 0.3) is 5.91 Å². The summed E-state index contributed by atoms with van der Waals surface area (Å²) in [7, 11) is 0. The van der Waals surface area contributed by atoms with E-state index in [4.69, 9.17) is 4.74 Å². The molecule has 1 aliphatic rings. The molecular weight excluding hydrogens is 386 g/mol. The standard InChI is InChI=1S/C23H27NO4S/c1-3-5-6-14-28-17-11-9-16(10-12-17)20-19(21(25)18-8-7-15-29-18)22(26)23(27)24(20)13-4-2/h7-12,15,20,26H,3-6,13-14H2,1-2H3. The molecule has 2 aromatic rings.